The number of benzene rings is 2. The van der Waals surface area contributed by atoms with Crippen molar-refractivity contribution in [2.75, 3.05) is 13.2 Å². The van der Waals surface area contributed by atoms with E-state index in [1.165, 1.54) is 16.4 Å². The number of sulfonamides is 1. The van der Waals surface area contributed by atoms with Gasteiger partial charge in [-0.05, 0) is 80.8 Å². The molecule has 0 saturated heterocycles. The maximum atomic E-state index is 13.7. The fraction of sp³-hybridized carbons (Fsp3) is 0.320. The molecule has 7 nitrogen and oxygen atoms in total. The molecule has 0 aliphatic heterocycles. The van der Waals surface area contributed by atoms with Gasteiger partial charge in [-0.15, -0.1) is 0 Å². The van der Waals surface area contributed by atoms with E-state index in [1.54, 1.807) is 50.2 Å². The van der Waals surface area contributed by atoms with Gasteiger partial charge in [0.1, 0.15) is 11.4 Å². The number of nitrogens with zero attached hydrogens (tertiary/aromatic N) is 1. The van der Waals surface area contributed by atoms with Crippen LogP contribution in [0.25, 0.3) is 0 Å². The molecule has 2 aromatic carbocycles. The highest BCUT2D eigenvalue weighted by atomic mass is 35.5. The number of nitrogens with one attached hydrogen (secondary N) is 1. The minimum Gasteiger partial charge on any atom is -0.494 e. The Hall–Kier alpha value is -2.81. The van der Waals surface area contributed by atoms with Crippen molar-refractivity contribution in [1.82, 2.24) is 9.29 Å². The third kappa shape index (κ3) is 5.81. The lowest BCUT2D eigenvalue weighted by Crippen LogP contribution is -2.30. The Bertz CT molecular complexity index is 1240. The molecule has 1 aromatic heterocycles. The fourth-order valence-electron chi connectivity index (χ4n) is 3.65. The number of aryl methyl sites for hydroxylation is 1. The van der Waals surface area contributed by atoms with Gasteiger partial charge in [0.25, 0.3) is 0 Å². The molecule has 1 N–H and O–H groups in total. The summed E-state index contributed by atoms with van der Waals surface area (Å²) in [6.45, 7) is 8.15. The Morgan fingerprint density at radius 2 is 1.62 bits per heavy atom. The van der Waals surface area contributed by atoms with Crippen LogP contribution in [0.5, 0.6) is 5.75 Å². The van der Waals surface area contributed by atoms with Gasteiger partial charge in [0, 0.05) is 23.8 Å². The van der Waals surface area contributed by atoms with E-state index in [9.17, 15) is 13.2 Å². The maximum absolute atomic E-state index is 13.7. The zero-order valence-corrected chi connectivity index (χ0v) is 21.3. The first-order chi connectivity index (χ1) is 16.2. The van der Waals surface area contributed by atoms with Crippen LogP contribution in [0.3, 0.4) is 0 Å². The Labute approximate surface area is 205 Å². The van der Waals surface area contributed by atoms with Crippen LogP contribution in [0, 0.1) is 13.8 Å². The van der Waals surface area contributed by atoms with Crippen LogP contribution in [0.15, 0.2) is 53.4 Å². The third-order valence-electron chi connectivity index (χ3n) is 5.45. The Morgan fingerprint density at radius 3 is 2.21 bits per heavy atom. The SMILES string of the molecule is CCOC(=O)c1[nH]c(C)c(CN(Cc2ccc(Cl)cc2)S(=O)(=O)c2ccc(OCC)cc2)c1C. The first kappa shape index (κ1) is 25.8. The molecule has 1 heterocycles. The summed E-state index contributed by atoms with van der Waals surface area (Å²) in [6, 6.07) is 13.4. The second-order valence-corrected chi connectivity index (χ2v) is 10.1. The van der Waals surface area contributed by atoms with Crippen LogP contribution in [-0.4, -0.2) is 36.9 Å². The first-order valence-corrected chi connectivity index (χ1v) is 12.8. The number of hydrogen-bond donors (Lipinski definition) is 1. The Balaban J connectivity index is 2.00. The minimum atomic E-state index is -3.88. The lowest BCUT2D eigenvalue weighted by Gasteiger charge is -2.23. The monoisotopic (exact) mass is 504 g/mol. The number of rotatable bonds is 10. The normalized spacial score (nSPS) is 11.6. The molecule has 182 valence electrons. The summed E-state index contributed by atoms with van der Waals surface area (Å²) in [5.74, 6) is 0.134. The highest BCUT2D eigenvalue weighted by molar-refractivity contribution is 7.89. The molecule has 3 aromatic rings. The van der Waals surface area contributed by atoms with E-state index < -0.39 is 16.0 Å². The van der Waals surface area contributed by atoms with Crippen molar-refractivity contribution >= 4 is 27.6 Å². The van der Waals surface area contributed by atoms with E-state index in [2.05, 4.69) is 4.98 Å². The number of aromatic nitrogens is 1. The van der Waals surface area contributed by atoms with Crippen LogP contribution in [0.1, 0.15) is 46.7 Å². The average molecular weight is 505 g/mol. The van der Waals surface area contributed by atoms with Crippen molar-refractivity contribution in [2.45, 2.75) is 45.7 Å². The van der Waals surface area contributed by atoms with Gasteiger partial charge in [0.05, 0.1) is 18.1 Å². The molecule has 0 aliphatic rings. The highest BCUT2D eigenvalue weighted by Gasteiger charge is 2.28. The van der Waals surface area contributed by atoms with Gasteiger partial charge in [-0.2, -0.15) is 4.31 Å². The van der Waals surface area contributed by atoms with Crippen molar-refractivity contribution in [1.29, 1.82) is 0 Å². The lowest BCUT2D eigenvalue weighted by molar-refractivity contribution is 0.0519. The summed E-state index contributed by atoms with van der Waals surface area (Å²) in [5, 5.41) is 0.570. The van der Waals surface area contributed by atoms with Gasteiger partial charge in [-0.1, -0.05) is 23.7 Å². The van der Waals surface area contributed by atoms with E-state index in [0.29, 0.717) is 34.3 Å². The van der Waals surface area contributed by atoms with E-state index >= 15 is 0 Å². The fourth-order valence-corrected chi connectivity index (χ4v) is 5.17. The van der Waals surface area contributed by atoms with Crippen molar-refractivity contribution in [3.05, 3.63) is 81.6 Å². The standard InChI is InChI=1S/C25H29ClN2O5S/c1-5-32-21-11-13-22(14-12-21)34(30,31)28(15-19-7-9-20(26)10-8-19)16-23-17(3)24(27-18(23)4)25(29)33-6-2/h7-14,27H,5-6,15-16H2,1-4H3. The number of carbonyl (C=O) groups excluding carboxylic acids is 1. The quantitative estimate of drug-likeness (QED) is 0.381. The number of H-pyrrole nitrogens is 1. The van der Waals surface area contributed by atoms with Crippen molar-refractivity contribution in [2.24, 2.45) is 0 Å². The smallest absolute Gasteiger partial charge is 0.355 e. The molecule has 0 radical (unpaired) electrons. The molecule has 0 amide bonds. The van der Waals surface area contributed by atoms with Crippen LogP contribution in [0.2, 0.25) is 5.02 Å². The third-order valence-corrected chi connectivity index (χ3v) is 7.51. The molecule has 0 bridgehead atoms. The van der Waals surface area contributed by atoms with Crippen molar-refractivity contribution in [3.63, 3.8) is 0 Å². The average Bonchev–Trinajstić information content (AvgIpc) is 3.09. The number of aromatic amines is 1. The Morgan fingerprint density at radius 1 is 0.971 bits per heavy atom. The van der Waals surface area contributed by atoms with Crippen LogP contribution in [0.4, 0.5) is 0 Å². The molecule has 0 aliphatic carbocycles. The molecular formula is C25H29ClN2O5S. The molecule has 0 fully saturated rings. The molecule has 34 heavy (non-hydrogen) atoms. The first-order valence-electron chi connectivity index (χ1n) is 11.0. The van der Waals surface area contributed by atoms with Gasteiger partial charge in [-0.3, -0.25) is 0 Å². The maximum Gasteiger partial charge on any atom is 0.355 e. The number of ether oxygens (including phenoxy) is 2. The largest absolute Gasteiger partial charge is 0.494 e. The van der Waals surface area contributed by atoms with E-state index in [4.69, 9.17) is 21.1 Å². The van der Waals surface area contributed by atoms with Gasteiger partial charge in [-0.25, -0.2) is 13.2 Å². The van der Waals surface area contributed by atoms with Crippen LogP contribution >= 0.6 is 11.6 Å². The molecule has 3 rings (SSSR count). The van der Waals surface area contributed by atoms with Gasteiger partial charge in [0.2, 0.25) is 10.0 Å². The van der Waals surface area contributed by atoms with Crippen LogP contribution < -0.4 is 4.74 Å². The van der Waals surface area contributed by atoms with E-state index in [1.807, 2.05) is 13.8 Å². The zero-order chi connectivity index (χ0) is 24.9. The van der Waals surface area contributed by atoms with Gasteiger partial charge >= 0.3 is 5.97 Å². The zero-order valence-electron chi connectivity index (χ0n) is 19.7. The molecule has 0 atom stereocenters. The minimum absolute atomic E-state index is 0.0751. The summed E-state index contributed by atoms with van der Waals surface area (Å²) in [6.07, 6.45) is 0. The summed E-state index contributed by atoms with van der Waals surface area (Å²) in [4.78, 5) is 15.5. The Kier molecular flexibility index (Phi) is 8.41. The van der Waals surface area contributed by atoms with Gasteiger partial charge < -0.3 is 14.5 Å². The van der Waals surface area contributed by atoms with Crippen molar-refractivity contribution < 1.29 is 22.7 Å². The summed E-state index contributed by atoms with van der Waals surface area (Å²) >= 11 is 6.01. The second kappa shape index (κ2) is 11.1. The molecule has 0 spiro atoms. The summed E-state index contributed by atoms with van der Waals surface area (Å²) < 4.78 is 39.4. The van der Waals surface area contributed by atoms with Crippen LogP contribution in [-0.2, 0) is 27.8 Å². The topological polar surface area (TPSA) is 88.7 Å². The highest BCUT2D eigenvalue weighted by Crippen LogP contribution is 2.27. The number of carbonyl (C=O) groups is 1. The van der Waals surface area contributed by atoms with Crippen molar-refractivity contribution in [3.8, 4) is 5.75 Å². The predicted molar refractivity (Wildman–Crippen MR) is 132 cm³/mol. The molecule has 9 heteroatoms. The summed E-state index contributed by atoms with van der Waals surface area (Å²) in [7, 11) is -3.88. The second-order valence-electron chi connectivity index (χ2n) is 7.75. The molecule has 0 unspecified atom stereocenters. The summed E-state index contributed by atoms with van der Waals surface area (Å²) in [5.41, 5.74) is 3.23. The number of halogens is 1. The molecule has 0 saturated carbocycles. The number of esters is 1. The van der Waals surface area contributed by atoms with E-state index in [-0.39, 0.29) is 24.6 Å². The van der Waals surface area contributed by atoms with Gasteiger partial charge in [0.15, 0.2) is 0 Å². The van der Waals surface area contributed by atoms with E-state index in [0.717, 1.165) is 11.1 Å². The molecular weight excluding hydrogens is 476 g/mol. The predicted octanol–water partition coefficient (Wildman–Crippen LogP) is 5.25. The lowest BCUT2D eigenvalue weighted by atomic mass is 10.1. The number of hydrogen-bond acceptors (Lipinski definition) is 5.